The molecule has 1 aromatic carbocycles. The van der Waals surface area contributed by atoms with Crippen LogP contribution < -0.4 is 9.64 Å². The monoisotopic (exact) mass is 383 g/mol. The van der Waals surface area contributed by atoms with Gasteiger partial charge < -0.3 is 9.64 Å². The second-order valence-corrected chi connectivity index (χ2v) is 8.37. The first-order chi connectivity index (χ1) is 12.0. The van der Waals surface area contributed by atoms with E-state index in [4.69, 9.17) is 4.74 Å². The first kappa shape index (κ1) is 21.9. The Balaban J connectivity index is 3.23. The number of methoxy groups -OCH3 is 1. The summed E-state index contributed by atoms with van der Waals surface area (Å²) in [6.45, 7) is 8.39. The number of likely N-dealkylation sites (N-methyl/N-ethyl adjacent to an activating group) is 1. The second-order valence-electron chi connectivity index (χ2n) is 5.58. The van der Waals surface area contributed by atoms with Crippen molar-refractivity contribution in [1.29, 1.82) is 0 Å². The normalized spacial score (nSPS) is 13.2. The third kappa shape index (κ3) is 6.59. The van der Waals surface area contributed by atoms with Crippen molar-refractivity contribution in [3.05, 3.63) is 24.3 Å². The Kier molecular flexibility index (Phi) is 10.0. The van der Waals surface area contributed by atoms with E-state index in [2.05, 4.69) is 11.8 Å². The lowest BCUT2D eigenvalue weighted by molar-refractivity contribution is -0.117. The van der Waals surface area contributed by atoms with Crippen molar-refractivity contribution < 1.29 is 14.3 Å². The number of thioether (sulfide) groups is 2. The first-order valence-electron chi connectivity index (χ1n) is 8.66. The molecule has 0 spiro atoms. The number of ketones is 1. The molecule has 4 nitrogen and oxygen atoms in total. The molecule has 6 heteroatoms. The molecular formula is C19H29NO3S2. The number of rotatable bonds is 11. The lowest BCUT2D eigenvalue weighted by Gasteiger charge is -2.36. The van der Waals surface area contributed by atoms with Crippen LogP contribution in [-0.2, 0) is 9.59 Å². The van der Waals surface area contributed by atoms with Crippen molar-refractivity contribution in [1.82, 2.24) is 0 Å². The molecule has 0 radical (unpaired) electrons. The largest absolute Gasteiger partial charge is 0.497 e. The van der Waals surface area contributed by atoms with Gasteiger partial charge in [0.25, 0.3) is 0 Å². The summed E-state index contributed by atoms with van der Waals surface area (Å²) in [4.78, 5) is 26.8. The van der Waals surface area contributed by atoms with Crippen LogP contribution in [0.15, 0.2) is 24.3 Å². The van der Waals surface area contributed by atoms with Gasteiger partial charge in [-0.05, 0) is 49.6 Å². The Hall–Kier alpha value is -1.14. The fourth-order valence-electron chi connectivity index (χ4n) is 2.78. The molecule has 25 heavy (non-hydrogen) atoms. The van der Waals surface area contributed by atoms with Gasteiger partial charge in [0.15, 0.2) is 0 Å². The lowest BCUT2D eigenvalue weighted by Crippen LogP contribution is -2.48. The van der Waals surface area contributed by atoms with Crippen molar-refractivity contribution >= 4 is 40.1 Å². The zero-order chi connectivity index (χ0) is 18.8. The van der Waals surface area contributed by atoms with E-state index in [1.807, 2.05) is 38.1 Å². The zero-order valence-electron chi connectivity index (χ0n) is 15.8. The minimum Gasteiger partial charge on any atom is -0.497 e. The summed E-state index contributed by atoms with van der Waals surface area (Å²) in [6, 6.07) is 7.43. The Morgan fingerprint density at radius 1 is 1.12 bits per heavy atom. The third-order valence-electron chi connectivity index (χ3n) is 3.83. The van der Waals surface area contributed by atoms with Gasteiger partial charge in [-0.25, -0.2) is 0 Å². The van der Waals surface area contributed by atoms with Gasteiger partial charge >= 0.3 is 0 Å². The van der Waals surface area contributed by atoms with E-state index in [1.54, 1.807) is 25.8 Å². The number of ether oxygens (including phenoxy) is 1. The molecule has 0 fully saturated rings. The van der Waals surface area contributed by atoms with Crippen molar-refractivity contribution in [2.75, 3.05) is 30.1 Å². The highest BCUT2D eigenvalue weighted by Crippen LogP contribution is 2.30. The number of Topliss-reactive ketones (excluding diaryl/α,β-unsaturated/α-hetero) is 1. The summed E-state index contributed by atoms with van der Waals surface area (Å²) in [5.41, 5.74) is 0.976. The highest BCUT2D eigenvalue weighted by atomic mass is 32.2. The number of carbonyl (C=O) groups is 2. The molecule has 1 aromatic rings. The molecular weight excluding hydrogens is 354 g/mol. The summed E-state index contributed by atoms with van der Waals surface area (Å²) >= 11 is 3.03. The van der Waals surface area contributed by atoms with E-state index < -0.39 is 0 Å². The number of hydrogen-bond acceptors (Lipinski definition) is 6. The van der Waals surface area contributed by atoms with Crippen LogP contribution in [-0.4, -0.2) is 47.4 Å². The van der Waals surface area contributed by atoms with Gasteiger partial charge in [-0.15, -0.1) is 0 Å². The van der Waals surface area contributed by atoms with Crippen LogP contribution in [0.4, 0.5) is 5.69 Å². The number of nitrogens with zero attached hydrogens (tertiary/aromatic N) is 1. The molecule has 0 aliphatic rings. The predicted molar refractivity (Wildman–Crippen MR) is 110 cm³/mol. The Morgan fingerprint density at radius 2 is 1.76 bits per heavy atom. The van der Waals surface area contributed by atoms with Gasteiger partial charge in [-0.2, -0.15) is 11.8 Å². The van der Waals surface area contributed by atoms with E-state index in [9.17, 15) is 9.59 Å². The van der Waals surface area contributed by atoms with Crippen molar-refractivity contribution in [2.24, 2.45) is 0 Å². The average molecular weight is 384 g/mol. The fourth-order valence-corrected chi connectivity index (χ4v) is 4.85. The van der Waals surface area contributed by atoms with Crippen molar-refractivity contribution in [3.63, 3.8) is 0 Å². The average Bonchev–Trinajstić information content (AvgIpc) is 2.59. The van der Waals surface area contributed by atoms with E-state index in [0.717, 1.165) is 22.9 Å². The fraction of sp³-hybridized carbons (Fsp3) is 0.579. The quantitative estimate of drug-likeness (QED) is 0.569. The van der Waals surface area contributed by atoms with Crippen LogP contribution in [0.1, 0.15) is 34.1 Å². The maximum atomic E-state index is 12.9. The number of carbonyl (C=O) groups excluding carboxylic acids is 2. The molecule has 0 saturated carbocycles. The predicted octanol–water partition coefficient (Wildman–Crippen LogP) is 4.27. The molecule has 0 heterocycles. The minimum absolute atomic E-state index is 0.0453. The van der Waals surface area contributed by atoms with Gasteiger partial charge in [-0.1, -0.05) is 25.6 Å². The number of benzene rings is 1. The summed E-state index contributed by atoms with van der Waals surface area (Å²) in [5.74, 6) is 2.52. The summed E-state index contributed by atoms with van der Waals surface area (Å²) in [5, 5.41) is 0.0865. The topological polar surface area (TPSA) is 46.6 Å². The molecule has 0 bridgehead atoms. The van der Waals surface area contributed by atoms with Crippen LogP contribution >= 0.6 is 23.5 Å². The maximum Gasteiger partial charge on any atom is 0.212 e. The SMILES string of the molecule is CCSC(=O)C(C(CC(C)=O)SCC)N(CC)c1ccc(OC)cc1. The lowest BCUT2D eigenvalue weighted by atomic mass is 10.1. The highest BCUT2D eigenvalue weighted by Gasteiger charge is 2.34. The Morgan fingerprint density at radius 3 is 2.20 bits per heavy atom. The van der Waals surface area contributed by atoms with E-state index in [-0.39, 0.29) is 22.2 Å². The van der Waals surface area contributed by atoms with Crippen molar-refractivity contribution in [3.8, 4) is 5.75 Å². The molecule has 0 aliphatic heterocycles. The molecule has 0 saturated heterocycles. The molecule has 0 N–H and O–H groups in total. The summed E-state index contributed by atoms with van der Waals surface area (Å²) in [7, 11) is 1.64. The van der Waals surface area contributed by atoms with Crippen LogP contribution in [0.2, 0.25) is 0 Å². The van der Waals surface area contributed by atoms with Crippen LogP contribution in [0.5, 0.6) is 5.75 Å². The van der Waals surface area contributed by atoms with Gasteiger partial charge in [0.2, 0.25) is 5.12 Å². The smallest absolute Gasteiger partial charge is 0.212 e. The van der Waals surface area contributed by atoms with Gasteiger partial charge in [0.1, 0.15) is 17.6 Å². The zero-order valence-corrected chi connectivity index (χ0v) is 17.4. The maximum absolute atomic E-state index is 12.9. The molecule has 2 atom stereocenters. The van der Waals surface area contributed by atoms with E-state index >= 15 is 0 Å². The molecule has 0 aliphatic carbocycles. The Labute approximate surface area is 160 Å². The second kappa shape index (κ2) is 11.5. The number of anilines is 1. The Bertz CT molecular complexity index is 548. The standard InChI is InChI=1S/C19H29NO3S2/c1-6-20(15-9-11-16(23-5)12-10-15)18(19(22)25-8-3)17(24-7-2)13-14(4)21/h9-12,17-18H,6-8,13H2,1-5H3. The van der Waals surface area contributed by atoms with Crippen molar-refractivity contribution in [2.45, 2.75) is 45.4 Å². The van der Waals surface area contributed by atoms with E-state index in [0.29, 0.717) is 13.0 Å². The summed E-state index contributed by atoms with van der Waals surface area (Å²) < 4.78 is 5.23. The molecule has 140 valence electrons. The molecule has 1 rings (SSSR count). The first-order valence-corrected chi connectivity index (χ1v) is 10.7. The third-order valence-corrected chi connectivity index (χ3v) is 5.83. The van der Waals surface area contributed by atoms with Gasteiger partial charge in [0.05, 0.1) is 7.11 Å². The van der Waals surface area contributed by atoms with Gasteiger partial charge in [0, 0.05) is 23.9 Å². The highest BCUT2D eigenvalue weighted by molar-refractivity contribution is 8.13. The van der Waals surface area contributed by atoms with Crippen LogP contribution in [0, 0.1) is 0 Å². The summed E-state index contributed by atoms with van der Waals surface area (Å²) in [6.07, 6.45) is 0.409. The molecule has 0 amide bonds. The van der Waals surface area contributed by atoms with E-state index in [1.165, 1.54) is 11.8 Å². The minimum atomic E-state index is -0.322. The molecule has 2 unspecified atom stereocenters. The molecule has 0 aromatic heterocycles. The number of hydrogen-bond donors (Lipinski definition) is 0. The van der Waals surface area contributed by atoms with Gasteiger partial charge in [-0.3, -0.25) is 9.59 Å². The van der Waals surface area contributed by atoms with Crippen LogP contribution in [0.25, 0.3) is 0 Å². The van der Waals surface area contributed by atoms with Crippen LogP contribution in [0.3, 0.4) is 0 Å².